The lowest BCUT2D eigenvalue weighted by Gasteiger charge is -2.16. The zero-order valence-electron chi connectivity index (χ0n) is 13.4. The minimum Gasteiger partial charge on any atom is -0.411 e. The molecule has 0 radical (unpaired) electrons. The Labute approximate surface area is 149 Å². The third-order valence-corrected chi connectivity index (χ3v) is 5.35. The Hall–Kier alpha value is -1.92. The summed E-state index contributed by atoms with van der Waals surface area (Å²) in [6.45, 7) is 3.27. The molecule has 0 amide bonds. The minimum atomic E-state index is -0.382. The van der Waals surface area contributed by atoms with E-state index in [1.807, 2.05) is 31.2 Å². The summed E-state index contributed by atoms with van der Waals surface area (Å²) in [5, 5.41) is 13.5. The molecule has 0 bridgehead atoms. The van der Waals surface area contributed by atoms with Crippen LogP contribution in [0.15, 0.2) is 39.2 Å². The number of aromatic nitrogens is 1. The van der Waals surface area contributed by atoms with Crippen LogP contribution in [0.25, 0.3) is 0 Å². The van der Waals surface area contributed by atoms with Crippen LogP contribution < -0.4 is 4.84 Å². The van der Waals surface area contributed by atoms with E-state index < -0.39 is 0 Å². The number of carbonyl (C=O) groups is 1. The first kappa shape index (κ1) is 16.9. The highest BCUT2D eigenvalue weighted by Crippen LogP contribution is 2.40. The van der Waals surface area contributed by atoms with Gasteiger partial charge in [-0.05, 0) is 50.5 Å². The van der Waals surface area contributed by atoms with Crippen LogP contribution in [0.4, 0.5) is 0 Å². The second-order valence-corrected chi connectivity index (χ2v) is 7.09. The van der Waals surface area contributed by atoms with Gasteiger partial charge in [-0.3, -0.25) is 0 Å². The number of oxime groups is 1. The molecular weight excluding hydrogens is 348 g/mol. The summed E-state index contributed by atoms with van der Waals surface area (Å²) >= 11 is 7.49. The van der Waals surface area contributed by atoms with Gasteiger partial charge in [0.25, 0.3) is 0 Å². The van der Waals surface area contributed by atoms with E-state index in [1.54, 1.807) is 16.5 Å². The Bertz CT molecular complexity index is 812. The summed E-state index contributed by atoms with van der Waals surface area (Å²) in [6, 6.07) is 7.52. The summed E-state index contributed by atoms with van der Waals surface area (Å²) in [4.78, 5) is 18.8. The van der Waals surface area contributed by atoms with Crippen LogP contribution >= 0.6 is 23.4 Å². The monoisotopic (exact) mass is 364 g/mol. The second kappa shape index (κ2) is 6.91. The highest BCUT2D eigenvalue weighted by atomic mass is 35.5. The third-order valence-electron chi connectivity index (χ3n) is 3.88. The van der Waals surface area contributed by atoms with Gasteiger partial charge in [0.2, 0.25) is 0 Å². The number of nitrogens with zero attached hydrogens (tertiary/aromatic N) is 2. The van der Waals surface area contributed by atoms with Gasteiger partial charge in [0.15, 0.2) is 0 Å². The molecule has 1 aliphatic rings. The first-order valence-corrected chi connectivity index (χ1v) is 8.78. The van der Waals surface area contributed by atoms with Gasteiger partial charge in [-0.15, -0.1) is 0 Å². The number of carbonyl (C=O) groups excluding carboxylic acids is 1. The molecule has 1 aromatic carbocycles. The highest BCUT2D eigenvalue weighted by molar-refractivity contribution is 7.99. The maximum atomic E-state index is 11.5. The van der Waals surface area contributed by atoms with Crippen LogP contribution in [0.1, 0.15) is 36.7 Å². The van der Waals surface area contributed by atoms with Gasteiger partial charge in [0.05, 0.1) is 17.1 Å². The van der Waals surface area contributed by atoms with Crippen molar-refractivity contribution in [3.05, 3.63) is 46.2 Å². The van der Waals surface area contributed by atoms with Gasteiger partial charge in [0.1, 0.15) is 0 Å². The van der Waals surface area contributed by atoms with Crippen molar-refractivity contribution < 1.29 is 14.8 Å². The zero-order valence-corrected chi connectivity index (χ0v) is 14.9. The van der Waals surface area contributed by atoms with Gasteiger partial charge in [-0.1, -0.05) is 28.5 Å². The fourth-order valence-corrected chi connectivity index (χ4v) is 4.08. The fraction of sp³-hybridized carbons (Fsp3) is 0.294. The first-order valence-electron chi connectivity index (χ1n) is 7.59. The van der Waals surface area contributed by atoms with E-state index in [0.717, 1.165) is 39.6 Å². The number of hydrogen-bond acceptors (Lipinski definition) is 5. The molecule has 7 heteroatoms. The molecule has 3 rings (SSSR count). The van der Waals surface area contributed by atoms with Crippen molar-refractivity contribution in [2.24, 2.45) is 5.16 Å². The lowest BCUT2D eigenvalue weighted by Crippen LogP contribution is -2.22. The summed E-state index contributed by atoms with van der Waals surface area (Å²) in [5.74, 6) is -0.382. The van der Waals surface area contributed by atoms with Gasteiger partial charge in [0, 0.05) is 27.3 Å². The highest BCUT2D eigenvalue weighted by Gasteiger charge is 2.29. The quantitative estimate of drug-likeness (QED) is 0.658. The Morgan fingerprint density at radius 1 is 1.33 bits per heavy atom. The number of rotatable bonds is 3. The van der Waals surface area contributed by atoms with Gasteiger partial charge < -0.3 is 10.0 Å². The smallest absolute Gasteiger partial charge is 0.329 e. The minimum absolute atomic E-state index is 0.382. The molecule has 126 valence electrons. The maximum Gasteiger partial charge on any atom is 0.329 e. The van der Waals surface area contributed by atoms with Gasteiger partial charge in [-0.2, -0.15) is 4.73 Å². The molecule has 0 saturated heterocycles. The molecule has 0 aliphatic heterocycles. The van der Waals surface area contributed by atoms with Crippen LogP contribution in [0.5, 0.6) is 0 Å². The summed E-state index contributed by atoms with van der Waals surface area (Å²) in [7, 11) is 0. The van der Waals surface area contributed by atoms with E-state index in [0.29, 0.717) is 17.2 Å². The Morgan fingerprint density at radius 2 is 2.04 bits per heavy atom. The summed E-state index contributed by atoms with van der Waals surface area (Å²) in [5.41, 5.74) is 3.18. The van der Waals surface area contributed by atoms with Gasteiger partial charge >= 0.3 is 5.97 Å². The summed E-state index contributed by atoms with van der Waals surface area (Å²) in [6.07, 6.45) is 2.31. The third kappa shape index (κ3) is 3.16. The van der Waals surface area contributed by atoms with E-state index in [-0.39, 0.29) is 5.97 Å². The van der Waals surface area contributed by atoms with Crippen molar-refractivity contribution in [2.75, 3.05) is 0 Å². The molecule has 0 saturated carbocycles. The van der Waals surface area contributed by atoms with Crippen molar-refractivity contribution in [3.8, 4) is 0 Å². The molecule has 0 unspecified atom stereocenters. The molecule has 0 fully saturated rings. The van der Waals surface area contributed by atoms with Crippen LogP contribution in [0.2, 0.25) is 5.02 Å². The Balaban J connectivity index is 2.11. The van der Waals surface area contributed by atoms with Crippen LogP contribution in [-0.2, 0) is 11.2 Å². The molecule has 1 heterocycles. The number of halogens is 1. The standard InChI is InChI=1S/C17H17ClN2O3S/c1-10-17(24-13-8-6-12(18)7-9-13)16-14(19-22)4-3-5-15(16)20(10)23-11(2)21/h6-9,22H,3-5H2,1-2H3. The van der Waals surface area contributed by atoms with E-state index in [9.17, 15) is 10.0 Å². The average Bonchev–Trinajstić information content (AvgIpc) is 2.82. The molecule has 1 aromatic heterocycles. The predicted molar refractivity (Wildman–Crippen MR) is 93.3 cm³/mol. The molecule has 24 heavy (non-hydrogen) atoms. The van der Waals surface area contributed by atoms with Crippen LogP contribution in [0, 0.1) is 6.92 Å². The molecule has 5 nitrogen and oxygen atoms in total. The largest absolute Gasteiger partial charge is 0.411 e. The number of fused-ring (bicyclic) bond motifs is 1. The first-order chi connectivity index (χ1) is 11.5. The lowest BCUT2D eigenvalue weighted by atomic mass is 9.96. The van der Waals surface area contributed by atoms with E-state index in [1.165, 1.54) is 6.92 Å². The summed E-state index contributed by atoms with van der Waals surface area (Å²) < 4.78 is 1.57. The Morgan fingerprint density at radius 3 is 2.67 bits per heavy atom. The van der Waals surface area contributed by atoms with Crippen molar-refractivity contribution >= 4 is 35.0 Å². The average molecular weight is 365 g/mol. The zero-order chi connectivity index (χ0) is 17.3. The predicted octanol–water partition coefficient (Wildman–Crippen LogP) is 4.09. The van der Waals surface area contributed by atoms with E-state index >= 15 is 0 Å². The van der Waals surface area contributed by atoms with Crippen LogP contribution in [-0.4, -0.2) is 21.6 Å². The molecular formula is C17H17ClN2O3S. The Kier molecular flexibility index (Phi) is 4.87. The van der Waals surface area contributed by atoms with E-state index in [4.69, 9.17) is 16.4 Å². The SMILES string of the molecule is CC(=O)On1c(C)c(Sc2ccc(Cl)cc2)c2c1CCCC2=NO. The molecule has 1 aliphatic carbocycles. The normalized spacial score (nSPS) is 15.4. The number of hydrogen-bond donors (Lipinski definition) is 1. The molecule has 1 N–H and O–H groups in total. The van der Waals surface area contributed by atoms with Crippen molar-refractivity contribution in [3.63, 3.8) is 0 Å². The van der Waals surface area contributed by atoms with Crippen LogP contribution in [0.3, 0.4) is 0 Å². The topological polar surface area (TPSA) is 63.8 Å². The molecule has 0 atom stereocenters. The van der Waals surface area contributed by atoms with Gasteiger partial charge in [-0.25, -0.2) is 4.79 Å². The second-order valence-electron chi connectivity index (χ2n) is 5.57. The van der Waals surface area contributed by atoms with Crippen molar-refractivity contribution in [1.29, 1.82) is 0 Å². The maximum absolute atomic E-state index is 11.5. The number of benzene rings is 1. The molecule has 2 aromatic rings. The fourth-order valence-electron chi connectivity index (χ4n) is 2.88. The molecule has 0 spiro atoms. The van der Waals surface area contributed by atoms with Crippen molar-refractivity contribution in [1.82, 2.24) is 4.73 Å². The van der Waals surface area contributed by atoms with Crippen molar-refractivity contribution in [2.45, 2.75) is 42.9 Å². The lowest BCUT2D eigenvalue weighted by molar-refractivity contribution is -0.142. The van der Waals surface area contributed by atoms with E-state index in [2.05, 4.69) is 5.16 Å².